The minimum absolute atomic E-state index is 0.163. The number of H-pyrrole nitrogens is 1. The highest BCUT2D eigenvalue weighted by Gasteiger charge is 2.33. The molecule has 0 spiro atoms. The van der Waals surface area contributed by atoms with E-state index in [1.165, 1.54) is 16.8 Å². The predicted octanol–water partition coefficient (Wildman–Crippen LogP) is 4.43. The lowest BCUT2D eigenvalue weighted by atomic mass is 10.1. The third-order valence-corrected chi connectivity index (χ3v) is 5.35. The summed E-state index contributed by atoms with van der Waals surface area (Å²) in [5.41, 5.74) is 3.40. The lowest BCUT2D eigenvalue weighted by molar-refractivity contribution is -0.140. The number of nitrogens with zero attached hydrogens (tertiary/aromatic N) is 4. The van der Waals surface area contributed by atoms with Gasteiger partial charge in [-0.25, -0.2) is 9.97 Å². The number of aromatic nitrogens is 3. The Morgan fingerprint density at radius 3 is 2.24 bits per heavy atom. The van der Waals surface area contributed by atoms with Gasteiger partial charge in [-0.15, -0.1) is 0 Å². The molecule has 4 rings (SSSR count). The van der Waals surface area contributed by atoms with Crippen LogP contribution in [0.3, 0.4) is 0 Å². The minimum Gasteiger partial charge on any atom is -0.368 e. The van der Waals surface area contributed by atoms with Crippen LogP contribution in [-0.2, 0) is 6.18 Å². The zero-order valence-corrected chi connectivity index (χ0v) is 16.3. The molecule has 0 unspecified atom stereocenters. The van der Waals surface area contributed by atoms with Crippen LogP contribution in [0.1, 0.15) is 16.8 Å². The normalized spacial score (nSPS) is 15.1. The zero-order chi connectivity index (χ0) is 20.6. The fourth-order valence-corrected chi connectivity index (χ4v) is 3.44. The van der Waals surface area contributed by atoms with Gasteiger partial charge in [-0.3, -0.25) is 0 Å². The van der Waals surface area contributed by atoms with E-state index in [2.05, 4.69) is 56.8 Å². The first-order valence-electron chi connectivity index (χ1n) is 9.47. The smallest absolute Gasteiger partial charge is 0.368 e. The number of pyridine rings is 1. The topological polar surface area (TPSA) is 48.0 Å². The van der Waals surface area contributed by atoms with Crippen LogP contribution in [0.5, 0.6) is 0 Å². The monoisotopic (exact) mass is 401 g/mol. The molecule has 2 aromatic heterocycles. The van der Waals surface area contributed by atoms with Crippen LogP contribution in [0.25, 0.3) is 11.4 Å². The van der Waals surface area contributed by atoms with Gasteiger partial charge in [0.1, 0.15) is 11.6 Å². The van der Waals surface area contributed by atoms with Crippen LogP contribution >= 0.6 is 0 Å². The second kappa shape index (κ2) is 7.42. The molecule has 5 nitrogen and oxygen atoms in total. The fraction of sp³-hybridized carbons (Fsp3) is 0.333. The molecule has 0 aliphatic carbocycles. The largest absolute Gasteiger partial charge is 0.434 e. The number of piperazine rings is 1. The molecule has 152 valence electrons. The van der Waals surface area contributed by atoms with Crippen LogP contribution in [0, 0.1) is 13.8 Å². The number of nitrogens with one attached hydrogen (secondary N) is 1. The second-order valence-corrected chi connectivity index (χ2v) is 7.28. The van der Waals surface area contributed by atoms with E-state index in [-0.39, 0.29) is 5.82 Å². The van der Waals surface area contributed by atoms with Gasteiger partial charge in [0.05, 0.1) is 0 Å². The van der Waals surface area contributed by atoms with Gasteiger partial charge in [0.2, 0.25) is 0 Å². The minimum atomic E-state index is -4.46. The van der Waals surface area contributed by atoms with Crippen LogP contribution in [0.4, 0.5) is 24.7 Å². The Morgan fingerprint density at radius 2 is 1.66 bits per heavy atom. The summed E-state index contributed by atoms with van der Waals surface area (Å²) >= 11 is 0. The molecule has 8 heteroatoms. The Balaban J connectivity index is 1.41. The molecule has 1 aromatic carbocycles. The molecule has 3 heterocycles. The van der Waals surface area contributed by atoms with Crippen molar-refractivity contribution < 1.29 is 13.2 Å². The molecular weight excluding hydrogens is 379 g/mol. The second-order valence-electron chi connectivity index (χ2n) is 7.28. The number of alkyl halides is 3. The molecule has 0 radical (unpaired) electrons. The Bertz CT molecular complexity index is 986. The molecule has 0 amide bonds. The van der Waals surface area contributed by atoms with Crippen molar-refractivity contribution >= 4 is 11.5 Å². The van der Waals surface area contributed by atoms with Crippen molar-refractivity contribution in [2.24, 2.45) is 0 Å². The third-order valence-electron chi connectivity index (χ3n) is 5.35. The average Bonchev–Trinajstić information content (AvgIpc) is 3.21. The Labute approximate surface area is 167 Å². The maximum absolute atomic E-state index is 12.7. The quantitative estimate of drug-likeness (QED) is 0.705. The third kappa shape index (κ3) is 4.06. The van der Waals surface area contributed by atoms with Gasteiger partial charge in [0.25, 0.3) is 0 Å². The van der Waals surface area contributed by atoms with Gasteiger partial charge in [-0.05, 0) is 49.2 Å². The number of aryl methyl sites for hydroxylation is 2. The van der Waals surface area contributed by atoms with Gasteiger partial charge >= 0.3 is 6.18 Å². The van der Waals surface area contributed by atoms with Gasteiger partial charge in [-0.2, -0.15) is 13.2 Å². The first-order valence-corrected chi connectivity index (χ1v) is 9.47. The van der Waals surface area contributed by atoms with E-state index in [1.54, 1.807) is 12.3 Å². The fourth-order valence-electron chi connectivity index (χ4n) is 3.44. The van der Waals surface area contributed by atoms with Crippen LogP contribution in [0.2, 0.25) is 0 Å². The highest BCUT2D eigenvalue weighted by Crippen LogP contribution is 2.29. The molecule has 1 saturated heterocycles. The number of benzene rings is 1. The summed E-state index contributed by atoms with van der Waals surface area (Å²) in [4.78, 5) is 15.2. The van der Waals surface area contributed by atoms with Crippen LogP contribution in [-0.4, -0.2) is 41.1 Å². The summed E-state index contributed by atoms with van der Waals surface area (Å²) in [5.74, 6) is 0.979. The summed E-state index contributed by atoms with van der Waals surface area (Å²) in [6.07, 6.45) is -2.03. The molecule has 3 aromatic rings. The van der Waals surface area contributed by atoms with Crippen molar-refractivity contribution in [2.45, 2.75) is 20.0 Å². The Kier molecular flexibility index (Phi) is 4.94. The van der Waals surface area contributed by atoms with Crippen molar-refractivity contribution in [3.63, 3.8) is 0 Å². The van der Waals surface area contributed by atoms with Gasteiger partial charge < -0.3 is 14.8 Å². The van der Waals surface area contributed by atoms with Crippen molar-refractivity contribution in [3.05, 3.63) is 59.5 Å². The molecule has 1 fully saturated rings. The highest BCUT2D eigenvalue weighted by molar-refractivity contribution is 5.58. The van der Waals surface area contributed by atoms with Gasteiger partial charge in [0.15, 0.2) is 5.69 Å². The number of hydrogen-bond acceptors (Lipinski definition) is 4. The predicted molar refractivity (Wildman–Crippen MR) is 107 cm³/mol. The van der Waals surface area contributed by atoms with Crippen molar-refractivity contribution in [3.8, 4) is 11.4 Å². The summed E-state index contributed by atoms with van der Waals surface area (Å²) in [7, 11) is 0. The average molecular weight is 401 g/mol. The molecule has 0 bridgehead atoms. The van der Waals surface area contributed by atoms with Gasteiger partial charge in [0, 0.05) is 49.8 Å². The van der Waals surface area contributed by atoms with E-state index in [0.29, 0.717) is 5.56 Å². The number of halogens is 3. The van der Waals surface area contributed by atoms with E-state index in [4.69, 9.17) is 0 Å². The van der Waals surface area contributed by atoms with Crippen molar-refractivity contribution in [1.29, 1.82) is 0 Å². The van der Waals surface area contributed by atoms with E-state index < -0.39 is 11.9 Å². The molecule has 0 atom stereocenters. The molecule has 0 saturated carbocycles. The first-order chi connectivity index (χ1) is 13.8. The Hall–Kier alpha value is -3.03. The molecule has 1 N–H and O–H groups in total. The summed E-state index contributed by atoms with van der Waals surface area (Å²) < 4.78 is 38.1. The Morgan fingerprint density at radius 1 is 0.931 bits per heavy atom. The highest BCUT2D eigenvalue weighted by atomic mass is 19.4. The standard InChI is InChI=1S/C21H22F3N5/c1-14-3-5-17(11-15(14)2)28-7-9-29(10-8-28)19-6-4-16(12-25-19)20-26-13-18(27-20)21(22,23)24/h3-6,11-13H,7-10H2,1-2H3,(H,26,27). The SMILES string of the molecule is Cc1ccc(N2CCN(c3ccc(-c4nc(C(F)(F)F)c[nH]4)cn3)CC2)cc1C. The number of rotatable bonds is 3. The van der Waals surface area contributed by atoms with E-state index in [1.807, 2.05) is 6.07 Å². The van der Waals surface area contributed by atoms with E-state index >= 15 is 0 Å². The molecule has 1 aliphatic heterocycles. The number of anilines is 2. The molecule has 29 heavy (non-hydrogen) atoms. The number of aromatic amines is 1. The van der Waals surface area contributed by atoms with Crippen LogP contribution < -0.4 is 9.80 Å². The molecular formula is C21H22F3N5. The molecule has 1 aliphatic rings. The summed E-state index contributed by atoms with van der Waals surface area (Å²) in [5, 5.41) is 0. The number of imidazole rings is 1. The lowest BCUT2D eigenvalue weighted by Crippen LogP contribution is -2.46. The number of hydrogen-bond donors (Lipinski definition) is 1. The lowest BCUT2D eigenvalue weighted by Gasteiger charge is -2.37. The van der Waals surface area contributed by atoms with Gasteiger partial charge in [-0.1, -0.05) is 6.07 Å². The summed E-state index contributed by atoms with van der Waals surface area (Å²) in [6.45, 7) is 7.67. The maximum atomic E-state index is 12.7. The van der Waals surface area contributed by atoms with Crippen molar-refractivity contribution in [2.75, 3.05) is 36.0 Å². The van der Waals surface area contributed by atoms with E-state index in [9.17, 15) is 13.2 Å². The van der Waals surface area contributed by atoms with E-state index in [0.717, 1.165) is 38.2 Å². The van der Waals surface area contributed by atoms with Crippen molar-refractivity contribution in [1.82, 2.24) is 15.0 Å². The summed E-state index contributed by atoms with van der Waals surface area (Å²) in [6, 6.07) is 10.1. The first kappa shape index (κ1) is 19.3. The van der Waals surface area contributed by atoms with Crippen LogP contribution in [0.15, 0.2) is 42.7 Å². The zero-order valence-electron chi connectivity index (χ0n) is 16.3. The maximum Gasteiger partial charge on any atom is 0.434 e.